The van der Waals surface area contributed by atoms with Gasteiger partial charge < -0.3 is 10.2 Å². The lowest BCUT2D eigenvalue weighted by atomic mass is 10.1. The average Bonchev–Trinajstić information content (AvgIpc) is 3.37. The van der Waals surface area contributed by atoms with E-state index in [1.165, 1.54) is 28.7 Å². The summed E-state index contributed by atoms with van der Waals surface area (Å²) >= 11 is 8.86. The van der Waals surface area contributed by atoms with Crippen LogP contribution in [0.15, 0.2) is 71.1 Å². The van der Waals surface area contributed by atoms with E-state index in [0.29, 0.717) is 22.0 Å². The number of thiazole rings is 1. The molecule has 166 valence electrons. The monoisotopic (exact) mass is 493 g/mol. The van der Waals surface area contributed by atoms with Gasteiger partial charge in [0.1, 0.15) is 0 Å². The number of benzene rings is 3. The first-order valence-electron chi connectivity index (χ1n) is 10.5. The van der Waals surface area contributed by atoms with E-state index >= 15 is 0 Å². The van der Waals surface area contributed by atoms with Crippen LogP contribution in [0.1, 0.15) is 22.8 Å². The summed E-state index contributed by atoms with van der Waals surface area (Å²) in [6, 6.07) is 20.6. The number of amides is 2. The Morgan fingerprint density at radius 3 is 2.76 bits per heavy atom. The molecule has 0 saturated carbocycles. The first kappa shape index (κ1) is 21.9. The van der Waals surface area contributed by atoms with Crippen molar-refractivity contribution in [2.24, 2.45) is 0 Å². The Hall–Kier alpha value is -2.87. The minimum atomic E-state index is -0.198. The summed E-state index contributed by atoms with van der Waals surface area (Å²) in [7, 11) is 0. The van der Waals surface area contributed by atoms with Crippen LogP contribution in [-0.2, 0) is 11.2 Å². The molecule has 0 saturated heterocycles. The number of thioether (sulfide) groups is 1. The van der Waals surface area contributed by atoms with Crippen molar-refractivity contribution in [3.05, 3.63) is 82.9 Å². The highest BCUT2D eigenvalue weighted by atomic mass is 35.5. The predicted octanol–water partition coefficient (Wildman–Crippen LogP) is 6.27. The summed E-state index contributed by atoms with van der Waals surface area (Å²) in [6.07, 6.45) is 0.887. The van der Waals surface area contributed by atoms with Gasteiger partial charge in [0.05, 0.1) is 16.0 Å². The first-order chi connectivity index (χ1) is 16.0. The van der Waals surface area contributed by atoms with Gasteiger partial charge in [-0.05, 0) is 67.4 Å². The zero-order valence-corrected chi connectivity index (χ0v) is 20.1. The van der Waals surface area contributed by atoms with Gasteiger partial charge in [-0.1, -0.05) is 41.6 Å². The fraction of sp³-hybridized carbons (Fsp3) is 0.160. The molecule has 1 aliphatic heterocycles. The average molecular weight is 494 g/mol. The molecule has 0 spiro atoms. The Morgan fingerprint density at radius 2 is 1.94 bits per heavy atom. The predicted molar refractivity (Wildman–Crippen MR) is 137 cm³/mol. The molecule has 8 heteroatoms. The molecule has 0 fully saturated rings. The van der Waals surface area contributed by atoms with Crippen molar-refractivity contribution in [3.8, 4) is 0 Å². The number of carbonyl (C=O) groups excluding carboxylic acids is 2. The van der Waals surface area contributed by atoms with Crippen molar-refractivity contribution in [2.75, 3.05) is 16.0 Å². The zero-order chi connectivity index (χ0) is 22.9. The largest absolute Gasteiger partial charge is 0.322 e. The van der Waals surface area contributed by atoms with E-state index in [9.17, 15) is 9.59 Å². The van der Waals surface area contributed by atoms with E-state index in [1.807, 2.05) is 41.3 Å². The molecule has 0 unspecified atom stereocenters. The lowest BCUT2D eigenvalue weighted by Gasteiger charge is -2.22. The van der Waals surface area contributed by atoms with Crippen LogP contribution >= 0.6 is 34.7 Å². The molecule has 4 aromatic rings. The molecule has 1 N–H and O–H groups in total. The number of nitrogens with one attached hydrogen (secondary N) is 1. The maximum atomic E-state index is 13.0. The summed E-state index contributed by atoms with van der Waals surface area (Å²) in [4.78, 5) is 32.0. The quantitative estimate of drug-likeness (QED) is 0.333. The lowest BCUT2D eigenvalue weighted by Crippen LogP contribution is -2.36. The van der Waals surface area contributed by atoms with Crippen molar-refractivity contribution in [1.29, 1.82) is 0 Å². The number of aromatic nitrogens is 1. The number of anilines is 2. The van der Waals surface area contributed by atoms with Crippen LogP contribution in [0.2, 0.25) is 5.02 Å². The van der Waals surface area contributed by atoms with Gasteiger partial charge in [-0.2, -0.15) is 0 Å². The minimum absolute atomic E-state index is 0.0904. The van der Waals surface area contributed by atoms with E-state index in [1.54, 1.807) is 24.3 Å². The fourth-order valence-electron chi connectivity index (χ4n) is 3.99. The Morgan fingerprint density at radius 1 is 1.15 bits per heavy atom. The SMILES string of the molecule is C[C@H]1Cc2ccccc2N1C(=O)CSc1nc2ccc(NC(=O)c3ccc(Cl)cc3)cc2s1. The highest BCUT2D eigenvalue weighted by molar-refractivity contribution is 8.01. The van der Waals surface area contributed by atoms with Crippen molar-refractivity contribution in [1.82, 2.24) is 4.98 Å². The molecule has 3 aromatic carbocycles. The summed E-state index contributed by atoms with van der Waals surface area (Å²) in [5.41, 5.74) is 4.31. The summed E-state index contributed by atoms with van der Waals surface area (Å²) in [5.74, 6) is 0.224. The second-order valence-electron chi connectivity index (χ2n) is 7.86. The Balaban J connectivity index is 1.26. The van der Waals surface area contributed by atoms with Crippen molar-refractivity contribution >= 4 is 68.1 Å². The van der Waals surface area contributed by atoms with Crippen molar-refractivity contribution < 1.29 is 9.59 Å². The maximum Gasteiger partial charge on any atom is 0.255 e. The molecule has 1 atom stereocenters. The highest BCUT2D eigenvalue weighted by Gasteiger charge is 2.30. The van der Waals surface area contributed by atoms with Crippen LogP contribution in [0.25, 0.3) is 10.2 Å². The summed E-state index contributed by atoms with van der Waals surface area (Å²) < 4.78 is 1.79. The number of hydrogen-bond acceptors (Lipinski definition) is 5. The van der Waals surface area contributed by atoms with Gasteiger partial charge in [0, 0.05) is 28.0 Å². The number of para-hydroxylation sites is 1. The van der Waals surface area contributed by atoms with Gasteiger partial charge in [-0.3, -0.25) is 9.59 Å². The van der Waals surface area contributed by atoms with E-state index in [4.69, 9.17) is 11.6 Å². The third-order valence-corrected chi connectivity index (χ3v) is 7.93. The molecular weight excluding hydrogens is 474 g/mol. The second kappa shape index (κ2) is 9.17. The van der Waals surface area contributed by atoms with E-state index in [2.05, 4.69) is 23.3 Å². The highest BCUT2D eigenvalue weighted by Crippen LogP contribution is 2.35. The topological polar surface area (TPSA) is 62.3 Å². The van der Waals surface area contributed by atoms with Gasteiger partial charge in [0.15, 0.2) is 4.34 Å². The third kappa shape index (κ3) is 4.62. The number of rotatable bonds is 5. The Bertz CT molecular complexity index is 1350. The summed E-state index contributed by atoms with van der Waals surface area (Å²) in [5, 5.41) is 3.50. The van der Waals surface area contributed by atoms with Crippen molar-refractivity contribution in [2.45, 2.75) is 23.7 Å². The number of nitrogens with zero attached hydrogens (tertiary/aromatic N) is 2. The molecule has 1 aliphatic rings. The van der Waals surface area contributed by atoms with Gasteiger partial charge in [-0.25, -0.2) is 4.98 Å². The number of halogens is 1. The van der Waals surface area contributed by atoms with E-state index in [0.717, 1.165) is 26.7 Å². The minimum Gasteiger partial charge on any atom is -0.322 e. The molecule has 0 radical (unpaired) electrons. The van der Waals surface area contributed by atoms with Gasteiger partial charge in [0.25, 0.3) is 5.91 Å². The Labute approximate surface area is 204 Å². The molecule has 5 nitrogen and oxygen atoms in total. The zero-order valence-electron chi connectivity index (χ0n) is 17.7. The summed E-state index contributed by atoms with van der Waals surface area (Å²) in [6.45, 7) is 2.08. The van der Waals surface area contributed by atoms with Gasteiger partial charge in [0.2, 0.25) is 5.91 Å². The molecule has 0 aliphatic carbocycles. The standard InChI is InChI=1S/C25H20ClN3O2S2/c1-15-12-17-4-2-3-5-21(17)29(15)23(30)14-32-25-28-20-11-10-19(13-22(20)33-25)27-24(31)16-6-8-18(26)9-7-16/h2-11,13,15H,12,14H2,1H3,(H,27,31)/t15-/m0/s1. The lowest BCUT2D eigenvalue weighted by molar-refractivity contribution is -0.116. The molecular formula is C25H20ClN3O2S2. The molecule has 33 heavy (non-hydrogen) atoms. The van der Waals surface area contributed by atoms with Crippen LogP contribution in [0.3, 0.4) is 0 Å². The normalized spacial score (nSPS) is 15.0. The molecule has 1 aromatic heterocycles. The Kier molecular flexibility index (Phi) is 6.10. The smallest absolute Gasteiger partial charge is 0.255 e. The maximum absolute atomic E-state index is 13.0. The van der Waals surface area contributed by atoms with E-state index in [-0.39, 0.29) is 17.9 Å². The van der Waals surface area contributed by atoms with Crippen LogP contribution in [0.5, 0.6) is 0 Å². The van der Waals surface area contributed by atoms with Crippen molar-refractivity contribution in [3.63, 3.8) is 0 Å². The second-order valence-corrected chi connectivity index (χ2v) is 10.5. The van der Waals surface area contributed by atoms with Crippen LogP contribution in [-0.4, -0.2) is 28.6 Å². The van der Waals surface area contributed by atoms with E-state index < -0.39 is 0 Å². The number of hydrogen-bond donors (Lipinski definition) is 1. The number of fused-ring (bicyclic) bond motifs is 2. The van der Waals surface area contributed by atoms with Crippen LogP contribution in [0.4, 0.5) is 11.4 Å². The molecule has 2 heterocycles. The molecule has 2 amide bonds. The van der Waals surface area contributed by atoms with Gasteiger partial charge >= 0.3 is 0 Å². The molecule has 5 rings (SSSR count). The molecule has 0 bridgehead atoms. The number of carbonyl (C=O) groups is 2. The van der Waals surface area contributed by atoms with Crippen LogP contribution < -0.4 is 10.2 Å². The van der Waals surface area contributed by atoms with Gasteiger partial charge in [-0.15, -0.1) is 11.3 Å². The first-order valence-corrected chi connectivity index (χ1v) is 12.7. The fourth-order valence-corrected chi connectivity index (χ4v) is 6.08. The third-order valence-electron chi connectivity index (χ3n) is 5.53. The van der Waals surface area contributed by atoms with Crippen LogP contribution in [0, 0.1) is 0 Å².